The van der Waals surface area contributed by atoms with Crippen molar-refractivity contribution in [2.24, 2.45) is 24.3 Å². The molecule has 2 N–H and O–H groups in total. The van der Waals surface area contributed by atoms with Gasteiger partial charge >= 0.3 is 7.12 Å². The molecule has 7 rings (SSSR count). The molecule has 1 saturated heterocycles. The van der Waals surface area contributed by atoms with E-state index in [0.29, 0.717) is 24.0 Å². The first-order valence-corrected chi connectivity index (χ1v) is 15.4. The summed E-state index contributed by atoms with van der Waals surface area (Å²) in [6.45, 7) is 6.86. The Hall–Kier alpha value is -3.57. The Balaban J connectivity index is 1.21. The fraction of sp³-hybridized carbons (Fsp3) is 0.531. The lowest BCUT2D eigenvalue weighted by atomic mass is 9.43. The summed E-state index contributed by atoms with van der Waals surface area (Å²) in [5.41, 5.74) is 1.90. The van der Waals surface area contributed by atoms with Crippen LogP contribution < -0.4 is 10.6 Å². The first kappa shape index (κ1) is 29.5. The van der Waals surface area contributed by atoms with E-state index in [-0.39, 0.29) is 29.5 Å². The van der Waals surface area contributed by atoms with E-state index in [1.54, 1.807) is 4.68 Å². The number of aromatic nitrogens is 4. The van der Waals surface area contributed by atoms with Gasteiger partial charge in [-0.05, 0) is 67.9 Å². The zero-order valence-electron chi connectivity index (χ0n) is 25.4. The van der Waals surface area contributed by atoms with Crippen LogP contribution in [0.2, 0.25) is 0 Å². The summed E-state index contributed by atoms with van der Waals surface area (Å²) in [5.74, 6) is -0.137. The van der Waals surface area contributed by atoms with Crippen molar-refractivity contribution in [1.82, 2.24) is 30.4 Å². The highest BCUT2D eigenvalue weighted by Crippen LogP contribution is 2.65. The Bertz CT molecular complexity index is 1440. The number of benzene rings is 1. The molecule has 3 aliphatic carbocycles. The third kappa shape index (κ3) is 5.97. The number of carbonyl (C=O) groups is 2. The number of nitrogens with one attached hydrogen (secondary N) is 2. The molecule has 3 heterocycles. The van der Waals surface area contributed by atoms with Gasteiger partial charge in [0.2, 0.25) is 5.91 Å². The summed E-state index contributed by atoms with van der Waals surface area (Å²) < 4.78 is 15.1. The lowest BCUT2D eigenvalue weighted by molar-refractivity contribution is -0.199. The van der Waals surface area contributed by atoms with Crippen LogP contribution in [0.25, 0.3) is 0 Å². The molecule has 3 saturated carbocycles. The Morgan fingerprint density at radius 1 is 1.12 bits per heavy atom. The van der Waals surface area contributed by atoms with Crippen molar-refractivity contribution in [1.29, 1.82) is 0 Å². The molecule has 3 aromatic rings. The highest BCUT2D eigenvalue weighted by Gasteiger charge is 2.68. The second-order valence-corrected chi connectivity index (χ2v) is 13.1. The molecule has 10 nitrogen and oxygen atoms in total. The summed E-state index contributed by atoms with van der Waals surface area (Å²) in [7, 11) is 1.25. The molecule has 11 heteroatoms. The maximum atomic E-state index is 14.0. The zero-order chi connectivity index (χ0) is 30.2. The average Bonchev–Trinajstić information content (AvgIpc) is 3.58. The van der Waals surface area contributed by atoms with E-state index in [9.17, 15) is 9.59 Å². The van der Waals surface area contributed by atoms with Crippen LogP contribution >= 0.6 is 0 Å². The summed E-state index contributed by atoms with van der Waals surface area (Å²) in [5, 5.41) is 10.5. The number of hydrogen-bond donors (Lipinski definition) is 2. The highest BCUT2D eigenvalue weighted by molar-refractivity contribution is 6.47. The van der Waals surface area contributed by atoms with Crippen molar-refractivity contribution in [2.45, 2.75) is 83.0 Å². The molecule has 1 aliphatic heterocycles. The first-order chi connectivity index (χ1) is 20.6. The molecule has 0 radical (unpaired) electrons. The smallest absolute Gasteiger partial charge is 0.404 e. The summed E-state index contributed by atoms with van der Waals surface area (Å²) in [6, 6.07) is 11.3. The Morgan fingerprint density at radius 2 is 1.93 bits per heavy atom. The van der Waals surface area contributed by atoms with Gasteiger partial charge in [-0.2, -0.15) is 5.10 Å². The largest absolute Gasteiger partial charge is 0.481 e. The van der Waals surface area contributed by atoms with Gasteiger partial charge in [0.15, 0.2) is 0 Å². The number of carbonyl (C=O) groups excluding carboxylic acids is 2. The van der Waals surface area contributed by atoms with E-state index >= 15 is 0 Å². The normalized spacial score (nSPS) is 26.6. The van der Waals surface area contributed by atoms with Gasteiger partial charge in [0.1, 0.15) is 11.7 Å². The maximum Gasteiger partial charge on any atom is 0.481 e. The monoisotopic (exact) mass is 584 g/mol. The van der Waals surface area contributed by atoms with E-state index in [4.69, 9.17) is 9.31 Å². The molecule has 2 amide bonds. The van der Waals surface area contributed by atoms with Gasteiger partial charge in [-0.15, -0.1) is 0 Å². The van der Waals surface area contributed by atoms with Crippen molar-refractivity contribution in [3.63, 3.8) is 0 Å². The predicted octanol–water partition coefficient (Wildman–Crippen LogP) is 3.33. The molecule has 43 heavy (non-hydrogen) atoms. The molecule has 1 aromatic carbocycles. The van der Waals surface area contributed by atoms with Crippen LogP contribution in [0.5, 0.6) is 0 Å². The van der Waals surface area contributed by atoms with Gasteiger partial charge in [0, 0.05) is 32.1 Å². The molecule has 0 spiro atoms. The molecule has 4 aliphatic rings. The summed E-state index contributed by atoms with van der Waals surface area (Å²) >= 11 is 0. The van der Waals surface area contributed by atoms with Crippen molar-refractivity contribution in [2.75, 3.05) is 0 Å². The topological polar surface area (TPSA) is 120 Å². The van der Waals surface area contributed by atoms with Crippen LogP contribution in [0.4, 0.5) is 0 Å². The molecular weight excluding hydrogens is 543 g/mol. The lowest BCUT2D eigenvalue weighted by Crippen LogP contribution is -2.65. The van der Waals surface area contributed by atoms with Gasteiger partial charge < -0.3 is 19.9 Å². The van der Waals surface area contributed by atoms with Gasteiger partial charge in [0.25, 0.3) is 5.91 Å². The van der Waals surface area contributed by atoms with Crippen LogP contribution in [0.15, 0.2) is 61.2 Å². The predicted molar refractivity (Wildman–Crippen MR) is 162 cm³/mol. The molecule has 2 aromatic heterocycles. The Labute approximate surface area is 253 Å². The third-order valence-corrected chi connectivity index (χ3v) is 10.0. The Morgan fingerprint density at radius 3 is 2.63 bits per heavy atom. The molecule has 4 fully saturated rings. The van der Waals surface area contributed by atoms with Crippen molar-refractivity contribution < 1.29 is 18.9 Å². The van der Waals surface area contributed by atoms with Crippen LogP contribution in [0, 0.1) is 17.3 Å². The van der Waals surface area contributed by atoms with Crippen molar-refractivity contribution in [3.8, 4) is 0 Å². The summed E-state index contributed by atoms with van der Waals surface area (Å²) in [4.78, 5) is 35.2. The number of hydrogen-bond acceptors (Lipinski definition) is 7. The van der Waals surface area contributed by atoms with Crippen LogP contribution in [-0.4, -0.2) is 62.4 Å². The third-order valence-electron chi connectivity index (χ3n) is 10.0. The van der Waals surface area contributed by atoms with Crippen LogP contribution in [0.1, 0.15) is 68.2 Å². The fourth-order valence-electron chi connectivity index (χ4n) is 7.44. The number of aryl methyl sites for hydroxylation is 2. The second kappa shape index (κ2) is 11.8. The molecular formula is C32H41BN6O4. The zero-order valence-corrected chi connectivity index (χ0v) is 25.4. The molecule has 2 bridgehead atoms. The minimum Gasteiger partial charge on any atom is -0.404 e. The van der Waals surface area contributed by atoms with Gasteiger partial charge in [-0.1, -0.05) is 44.2 Å². The quantitative estimate of drug-likeness (QED) is 0.332. The SMILES string of the molecule is Cn1ccc(CC(NC(=O)c2cnccn2)C(=O)N[C@@H](CCCc2ccccc2)B2O[C@@H]3C[C@@H]4C[C@@H](C4(C)C)[C@]3(C)O2)n1. The van der Waals surface area contributed by atoms with E-state index < -0.39 is 30.6 Å². The molecule has 1 unspecified atom stereocenters. The number of nitrogens with zero attached hydrogens (tertiary/aromatic N) is 4. The minimum atomic E-state index is -0.882. The first-order valence-electron chi connectivity index (χ1n) is 15.4. The standard InChI is InChI=1S/C32H41BN6O4/c1-31(2)22-17-26(31)32(3)27(18-22)42-33(43-32)28(12-8-11-21-9-6-5-7-10-21)37-29(40)24(19-23-13-16-39(4)38-23)36-30(41)25-20-34-14-15-35-25/h5-7,9-10,13-16,20,22,24,26-28H,8,11-12,17-19H2,1-4H3,(H,36,41)(H,37,40)/t22-,24?,26-,27+,28-,32-/m0/s1. The van der Waals surface area contributed by atoms with Crippen molar-refractivity contribution >= 4 is 18.9 Å². The van der Waals surface area contributed by atoms with E-state index in [1.165, 1.54) is 24.2 Å². The number of amides is 2. The average molecular weight is 585 g/mol. The molecule has 226 valence electrons. The lowest BCUT2D eigenvalue weighted by Gasteiger charge is -2.64. The van der Waals surface area contributed by atoms with Gasteiger partial charge in [-0.25, -0.2) is 4.98 Å². The van der Waals surface area contributed by atoms with Gasteiger partial charge in [-0.3, -0.25) is 19.3 Å². The van der Waals surface area contributed by atoms with Crippen LogP contribution in [0.3, 0.4) is 0 Å². The fourth-order valence-corrected chi connectivity index (χ4v) is 7.44. The minimum absolute atomic E-state index is 0.00322. The molecule has 6 atom stereocenters. The Kier molecular flexibility index (Phi) is 8.13. The number of rotatable bonds is 11. The van der Waals surface area contributed by atoms with E-state index in [0.717, 1.165) is 25.7 Å². The van der Waals surface area contributed by atoms with Gasteiger partial charge in [0.05, 0.1) is 29.5 Å². The van der Waals surface area contributed by atoms with Crippen molar-refractivity contribution in [3.05, 3.63) is 78.1 Å². The van der Waals surface area contributed by atoms with E-state index in [1.807, 2.05) is 37.5 Å². The van der Waals surface area contributed by atoms with Crippen LogP contribution in [-0.2, 0) is 34.0 Å². The second-order valence-electron chi connectivity index (χ2n) is 13.1. The van der Waals surface area contributed by atoms with E-state index in [2.05, 4.69) is 58.6 Å². The summed E-state index contributed by atoms with van der Waals surface area (Å²) in [6.07, 6.45) is 10.9. The maximum absolute atomic E-state index is 14.0. The highest BCUT2D eigenvalue weighted by atomic mass is 16.7.